The van der Waals surface area contributed by atoms with Gasteiger partial charge in [-0.2, -0.15) is 0 Å². The molecule has 0 spiro atoms. The van der Waals surface area contributed by atoms with Crippen LogP contribution in [-0.2, 0) is 5.41 Å². The number of hydrogen-bond donors (Lipinski definition) is 2. The minimum Gasteiger partial charge on any atom is -0.395 e. The van der Waals surface area contributed by atoms with Crippen LogP contribution < -0.4 is 5.73 Å². The minimum absolute atomic E-state index is 0.0127. The van der Waals surface area contributed by atoms with Crippen molar-refractivity contribution in [2.45, 2.75) is 19.3 Å². The zero-order chi connectivity index (χ0) is 9.90. The molecule has 1 aromatic heterocycles. The van der Waals surface area contributed by atoms with Crippen LogP contribution in [0.25, 0.3) is 0 Å². The SMILES string of the molecule is Cc1cnc(C(C)(CN)CO)cn1. The van der Waals surface area contributed by atoms with E-state index in [0.717, 1.165) is 11.4 Å². The molecule has 72 valence electrons. The number of aliphatic hydroxyl groups is 1. The third-order valence-corrected chi connectivity index (χ3v) is 2.20. The topological polar surface area (TPSA) is 72.0 Å². The first-order chi connectivity index (χ1) is 6.12. The fourth-order valence-corrected chi connectivity index (χ4v) is 0.954. The molecule has 1 rings (SSSR count). The Labute approximate surface area is 77.8 Å². The van der Waals surface area contributed by atoms with Gasteiger partial charge in [0.15, 0.2) is 0 Å². The number of aliphatic hydroxyl groups excluding tert-OH is 1. The first-order valence-corrected chi connectivity index (χ1v) is 4.22. The lowest BCUT2D eigenvalue weighted by atomic mass is 9.88. The highest BCUT2D eigenvalue weighted by Crippen LogP contribution is 2.18. The molecule has 1 heterocycles. The summed E-state index contributed by atoms with van der Waals surface area (Å²) >= 11 is 0. The van der Waals surface area contributed by atoms with E-state index in [2.05, 4.69) is 9.97 Å². The molecule has 0 aliphatic carbocycles. The van der Waals surface area contributed by atoms with Crippen LogP contribution in [0.4, 0.5) is 0 Å². The zero-order valence-electron chi connectivity index (χ0n) is 7.99. The molecule has 4 nitrogen and oxygen atoms in total. The lowest BCUT2D eigenvalue weighted by molar-refractivity contribution is 0.206. The van der Waals surface area contributed by atoms with Gasteiger partial charge in [0.05, 0.1) is 18.0 Å². The molecule has 0 saturated heterocycles. The fourth-order valence-electron chi connectivity index (χ4n) is 0.954. The molecule has 1 unspecified atom stereocenters. The quantitative estimate of drug-likeness (QED) is 0.688. The summed E-state index contributed by atoms with van der Waals surface area (Å²) in [5, 5.41) is 9.16. The Morgan fingerprint density at radius 2 is 2.15 bits per heavy atom. The van der Waals surface area contributed by atoms with Gasteiger partial charge < -0.3 is 10.8 Å². The summed E-state index contributed by atoms with van der Waals surface area (Å²) in [4.78, 5) is 8.30. The van der Waals surface area contributed by atoms with Crippen molar-refractivity contribution in [3.63, 3.8) is 0 Å². The first kappa shape index (κ1) is 10.1. The van der Waals surface area contributed by atoms with Crippen molar-refractivity contribution >= 4 is 0 Å². The number of aromatic nitrogens is 2. The maximum atomic E-state index is 9.16. The van der Waals surface area contributed by atoms with Crippen LogP contribution in [0.2, 0.25) is 0 Å². The number of nitrogens with zero attached hydrogens (tertiary/aromatic N) is 2. The normalized spacial score (nSPS) is 15.4. The minimum atomic E-state index is -0.472. The highest BCUT2D eigenvalue weighted by Gasteiger charge is 2.25. The molecule has 0 saturated carbocycles. The van der Waals surface area contributed by atoms with E-state index in [4.69, 9.17) is 10.8 Å². The molecule has 0 aliphatic rings. The van der Waals surface area contributed by atoms with Crippen LogP contribution in [-0.4, -0.2) is 28.2 Å². The third-order valence-electron chi connectivity index (χ3n) is 2.20. The van der Waals surface area contributed by atoms with E-state index in [1.54, 1.807) is 12.4 Å². The Hall–Kier alpha value is -1.00. The molecule has 0 fully saturated rings. The van der Waals surface area contributed by atoms with Crippen LogP contribution in [0.3, 0.4) is 0 Å². The molecule has 0 aromatic carbocycles. The second-order valence-corrected chi connectivity index (χ2v) is 3.47. The van der Waals surface area contributed by atoms with E-state index < -0.39 is 5.41 Å². The van der Waals surface area contributed by atoms with Gasteiger partial charge in [-0.25, -0.2) is 0 Å². The van der Waals surface area contributed by atoms with Crippen molar-refractivity contribution in [1.82, 2.24) is 9.97 Å². The summed E-state index contributed by atoms with van der Waals surface area (Å²) in [7, 11) is 0. The lowest BCUT2D eigenvalue weighted by Crippen LogP contribution is -2.36. The van der Waals surface area contributed by atoms with Crippen LogP contribution in [0.1, 0.15) is 18.3 Å². The molecule has 3 N–H and O–H groups in total. The van der Waals surface area contributed by atoms with Gasteiger partial charge in [0.2, 0.25) is 0 Å². The van der Waals surface area contributed by atoms with Crippen molar-refractivity contribution in [3.8, 4) is 0 Å². The van der Waals surface area contributed by atoms with E-state index in [0.29, 0.717) is 6.54 Å². The monoisotopic (exact) mass is 181 g/mol. The maximum absolute atomic E-state index is 9.16. The molecule has 1 atom stereocenters. The summed E-state index contributed by atoms with van der Waals surface area (Å²) in [5.41, 5.74) is 6.69. The largest absolute Gasteiger partial charge is 0.395 e. The second kappa shape index (κ2) is 3.81. The Kier molecular flexibility index (Phi) is 2.95. The molecule has 0 aliphatic heterocycles. The molecular formula is C9H15N3O. The van der Waals surface area contributed by atoms with Gasteiger partial charge >= 0.3 is 0 Å². The molecule has 0 radical (unpaired) electrons. The van der Waals surface area contributed by atoms with Gasteiger partial charge in [-0.05, 0) is 6.92 Å². The summed E-state index contributed by atoms with van der Waals surface area (Å²) < 4.78 is 0. The Morgan fingerprint density at radius 1 is 1.46 bits per heavy atom. The highest BCUT2D eigenvalue weighted by atomic mass is 16.3. The highest BCUT2D eigenvalue weighted by molar-refractivity contribution is 5.14. The van der Waals surface area contributed by atoms with E-state index in [1.807, 2.05) is 13.8 Å². The number of rotatable bonds is 3. The molecular weight excluding hydrogens is 166 g/mol. The van der Waals surface area contributed by atoms with Crippen molar-refractivity contribution in [3.05, 3.63) is 23.8 Å². The van der Waals surface area contributed by atoms with Crippen molar-refractivity contribution in [2.24, 2.45) is 5.73 Å². The van der Waals surface area contributed by atoms with Gasteiger partial charge in [-0.1, -0.05) is 6.92 Å². The lowest BCUT2D eigenvalue weighted by Gasteiger charge is -2.23. The number of nitrogens with two attached hydrogens (primary N) is 1. The van der Waals surface area contributed by atoms with Gasteiger partial charge in [0.1, 0.15) is 0 Å². The van der Waals surface area contributed by atoms with E-state index >= 15 is 0 Å². The summed E-state index contributed by atoms with van der Waals surface area (Å²) in [6, 6.07) is 0. The van der Waals surface area contributed by atoms with Gasteiger partial charge in [-0.15, -0.1) is 0 Å². The second-order valence-electron chi connectivity index (χ2n) is 3.47. The standard InChI is InChI=1S/C9H15N3O/c1-7-3-12-8(4-11-7)9(2,5-10)6-13/h3-4,13H,5-6,10H2,1-2H3. The summed E-state index contributed by atoms with van der Waals surface area (Å²) in [6.07, 6.45) is 3.34. The van der Waals surface area contributed by atoms with Crippen LogP contribution >= 0.6 is 0 Å². The molecule has 4 heteroatoms. The van der Waals surface area contributed by atoms with Crippen molar-refractivity contribution < 1.29 is 5.11 Å². The summed E-state index contributed by atoms with van der Waals surface area (Å²) in [6.45, 7) is 4.09. The van der Waals surface area contributed by atoms with E-state index in [1.165, 1.54) is 0 Å². The van der Waals surface area contributed by atoms with Gasteiger partial charge in [-0.3, -0.25) is 9.97 Å². The van der Waals surface area contributed by atoms with Gasteiger partial charge in [0, 0.05) is 24.4 Å². The third kappa shape index (κ3) is 2.02. The fraction of sp³-hybridized carbons (Fsp3) is 0.556. The van der Waals surface area contributed by atoms with Crippen LogP contribution in [0, 0.1) is 6.92 Å². The smallest absolute Gasteiger partial charge is 0.0681 e. The Bertz CT molecular complexity index is 267. The Morgan fingerprint density at radius 3 is 2.54 bits per heavy atom. The molecule has 13 heavy (non-hydrogen) atoms. The van der Waals surface area contributed by atoms with Crippen LogP contribution in [0.15, 0.2) is 12.4 Å². The Balaban J connectivity index is 2.99. The zero-order valence-corrected chi connectivity index (χ0v) is 7.99. The van der Waals surface area contributed by atoms with Gasteiger partial charge in [0.25, 0.3) is 0 Å². The summed E-state index contributed by atoms with van der Waals surface area (Å²) in [5.74, 6) is 0. The first-order valence-electron chi connectivity index (χ1n) is 4.22. The van der Waals surface area contributed by atoms with Crippen molar-refractivity contribution in [2.75, 3.05) is 13.2 Å². The maximum Gasteiger partial charge on any atom is 0.0681 e. The average molecular weight is 181 g/mol. The van der Waals surface area contributed by atoms with Crippen LogP contribution in [0.5, 0.6) is 0 Å². The molecule has 0 bridgehead atoms. The predicted octanol–water partition coefficient (Wildman–Crippen LogP) is -0.00628. The molecule has 1 aromatic rings. The predicted molar refractivity (Wildman–Crippen MR) is 50.3 cm³/mol. The average Bonchev–Trinajstić information content (AvgIpc) is 2.18. The number of aryl methyl sites for hydroxylation is 1. The molecule has 0 amide bonds. The number of hydrogen-bond acceptors (Lipinski definition) is 4. The van der Waals surface area contributed by atoms with E-state index in [-0.39, 0.29) is 6.61 Å². The van der Waals surface area contributed by atoms with Crippen molar-refractivity contribution in [1.29, 1.82) is 0 Å². The van der Waals surface area contributed by atoms with E-state index in [9.17, 15) is 0 Å².